The molecule has 5 rings (SSSR count). The van der Waals surface area contributed by atoms with E-state index in [9.17, 15) is 14.7 Å². The average molecular weight is 429 g/mol. The molecule has 0 aromatic heterocycles. The van der Waals surface area contributed by atoms with E-state index < -0.39 is 5.60 Å². The normalized spacial score (nSPS) is 20.7. The number of amides is 2. The van der Waals surface area contributed by atoms with Crippen LogP contribution < -0.4 is 0 Å². The van der Waals surface area contributed by atoms with Gasteiger partial charge in [-0.25, -0.2) is 0 Å². The smallest absolute Gasteiger partial charge is 0.254 e. The first-order valence-corrected chi connectivity index (χ1v) is 11.3. The second-order valence-electron chi connectivity index (χ2n) is 9.18. The van der Waals surface area contributed by atoms with Gasteiger partial charge in [0.1, 0.15) is 0 Å². The summed E-state index contributed by atoms with van der Waals surface area (Å²) in [5.41, 5.74) is 3.85. The summed E-state index contributed by atoms with van der Waals surface area (Å²) < 4.78 is 0. The first-order valence-electron chi connectivity index (χ1n) is 11.3. The van der Waals surface area contributed by atoms with Gasteiger partial charge in [-0.2, -0.15) is 0 Å². The van der Waals surface area contributed by atoms with Crippen molar-refractivity contribution in [2.75, 3.05) is 20.1 Å². The number of rotatable bonds is 3. The van der Waals surface area contributed by atoms with Crippen molar-refractivity contribution in [3.63, 3.8) is 0 Å². The van der Waals surface area contributed by atoms with Crippen LogP contribution in [-0.4, -0.2) is 52.5 Å². The number of aliphatic hydroxyl groups is 1. The standard InChI is InChI=1S/C27H28N2O3/c1-3-27(32)12-5-13-29(17-27)25(30)20-9-10-23-18(14-20)6-4-7-22(23)19-8-11-24-21(15-19)16-28(2)26(24)31/h4,6-11,14-15,32H,3,5,12-13,16-17H2,1-2H3. The number of benzene rings is 3. The van der Waals surface area contributed by atoms with Crippen molar-refractivity contribution >= 4 is 22.6 Å². The Morgan fingerprint density at radius 3 is 2.75 bits per heavy atom. The molecule has 5 nitrogen and oxygen atoms in total. The summed E-state index contributed by atoms with van der Waals surface area (Å²) in [5, 5.41) is 12.7. The maximum Gasteiger partial charge on any atom is 0.254 e. The molecule has 0 aliphatic carbocycles. The van der Waals surface area contributed by atoms with Crippen LogP contribution in [0.2, 0.25) is 0 Å². The molecule has 3 aromatic rings. The van der Waals surface area contributed by atoms with E-state index in [0.29, 0.717) is 31.6 Å². The van der Waals surface area contributed by atoms with Crippen molar-refractivity contribution < 1.29 is 14.7 Å². The summed E-state index contributed by atoms with van der Waals surface area (Å²) in [6.45, 7) is 3.67. The van der Waals surface area contributed by atoms with Gasteiger partial charge in [0.05, 0.1) is 5.60 Å². The van der Waals surface area contributed by atoms with Gasteiger partial charge in [0, 0.05) is 37.8 Å². The maximum atomic E-state index is 13.2. The van der Waals surface area contributed by atoms with Crippen molar-refractivity contribution in [1.29, 1.82) is 0 Å². The van der Waals surface area contributed by atoms with E-state index in [4.69, 9.17) is 0 Å². The van der Waals surface area contributed by atoms with Crippen LogP contribution in [-0.2, 0) is 6.54 Å². The van der Waals surface area contributed by atoms with Crippen LogP contribution in [0.3, 0.4) is 0 Å². The second kappa shape index (κ2) is 7.75. The molecule has 1 unspecified atom stereocenters. The Hall–Kier alpha value is -3.18. The molecular weight excluding hydrogens is 400 g/mol. The third-order valence-electron chi connectivity index (χ3n) is 7.03. The number of likely N-dealkylation sites (tertiary alicyclic amines) is 1. The van der Waals surface area contributed by atoms with E-state index in [1.807, 2.05) is 56.4 Å². The highest BCUT2D eigenvalue weighted by Crippen LogP contribution is 2.33. The monoisotopic (exact) mass is 428 g/mol. The Labute approximate surface area is 188 Å². The van der Waals surface area contributed by atoms with E-state index in [1.54, 1.807) is 9.80 Å². The minimum Gasteiger partial charge on any atom is -0.388 e. The number of piperidine rings is 1. The van der Waals surface area contributed by atoms with Crippen molar-refractivity contribution in [1.82, 2.24) is 9.80 Å². The van der Waals surface area contributed by atoms with E-state index >= 15 is 0 Å². The lowest BCUT2D eigenvalue weighted by molar-refractivity contribution is -0.0270. The number of nitrogens with zero attached hydrogens (tertiary/aromatic N) is 2. The predicted octanol–water partition coefficient (Wildman–Crippen LogP) is 4.47. The fourth-order valence-corrected chi connectivity index (χ4v) is 5.06. The molecule has 3 aromatic carbocycles. The highest BCUT2D eigenvalue weighted by atomic mass is 16.3. The van der Waals surface area contributed by atoms with Crippen LogP contribution >= 0.6 is 0 Å². The lowest BCUT2D eigenvalue weighted by Crippen LogP contribution is -2.49. The second-order valence-corrected chi connectivity index (χ2v) is 9.18. The van der Waals surface area contributed by atoms with Gasteiger partial charge in [-0.1, -0.05) is 37.3 Å². The van der Waals surface area contributed by atoms with Gasteiger partial charge in [0.2, 0.25) is 0 Å². The largest absolute Gasteiger partial charge is 0.388 e. The summed E-state index contributed by atoms with van der Waals surface area (Å²) in [5.74, 6) is 0.0447. The van der Waals surface area contributed by atoms with Crippen LogP contribution in [0, 0.1) is 0 Å². The Balaban J connectivity index is 1.48. The third-order valence-corrected chi connectivity index (χ3v) is 7.03. The fourth-order valence-electron chi connectivity index (χ4n) is 5.06. The molecule has 0 saturated carbocycles. The van der Waals surface area contributed by atoms with E-state index in [1.165, 1.54) is 0 Å². The van der Waals surface area contributed by atoms with E-state index in [-0.39, 0.29) is 11.8 Å². The molecule has 0 radical (unpaired) electrons. The van der Waals surface area contributed by atoms with E-state index in [2.05, 4.69) is 12.1 Å². The van der Waals surface area contributed by atoms with Crippen LogP contribution in [0.1, 0.15) is 52.5 Å². The summed E-state index contributed by atoms with van der Waals surface area (Å²) in [6.07, 6.45) is 2.22. The number of carbonyl (C=O) groups excluding carboxylic acids is 2. The Bertz CT molecular complexity index is 1230. The highest BCUT2D eigenvalue weighted by Gasteiger charge is 2.34. The predicted molar refractivity (Wildman–Crippen MR) is 126 cm³/mol. The number of fused-ring (bicyclic) bond motifs is 2. The lowest BCUT2D eigenvalue weighted by Gasteiger charge is -2.38. The van der Waals surface area contributed by atoms with Crippen molar-refractivity contribution in [3.05, 3.63) is 71.3 Å². The molecular formula is C27H28N2O3. The Morgan fingerprint density at radius 1 is 1.09 bits per heavy atom. The molecule has 0 bridgehead atoms. The molecule has 1 saturated heterocycles. The van der Waals surface area contributed by atoms with Crippen LogP contribution in [0.15, 0.2) is 54.6 Å². The average Bonchev–Trinajstić information content (AvgIpc) is 3.10. The fraction of sp³-hybridized carbons (Fsp3) is 0.333. The Morgan fingerprint density at radius 2 is 1.94 bits per heavy atom. The van der Waals surface area contributed by atoms with Gasteiger partial charge in [-0.15, -0.1) is 0 Å². The van der Waals surface area contributed by atoms with Gasteiger partial charge in [0.15, 0.2) is 0 Å². The number of β-amino-alcohol motifs (C(OH)–C–C–N with tert-alkyl or cyclic N) is 1. The molecule has 32 heavy (non-hydrogen) atoms. The topological polar surface area (TPSA) is 60.9 Å². The maximum absolute atomic E-state index is 13.2. The number of hydrogen-bond donors (Lipinski definition) is 1. The van der Waals surface area contributed by atoms with Gasteiger partial charge >= 0.3 is 0 Å². The third kappa shape index (κ3) is 3.47. The first-order chi connectivity index (χ1) is 15.4. The molecule has 0 spiro atoms. The molecule has 2 aliphatic rings. The quantitative estimate of drug-likeness (QED) is 0.670. The summed E-state index contributed by atoms with van der Waals surface area (Å²) in [7, 11) is 1.82. The van der Waals surface area contributed by atoms with Crippen molar-refractivity contribution in [3.8, 4) is 11.1 Å². The summed E-state index contributed by atoms with van der Waals surface area (Å²) in [4.78, 5) is 28.9. The zero-order valence-electron chi connectivity index (χ0n) is 18.6. The lowest BCUT2D eigenvalue weighted by atomic mass is 9.90. The molecule has 2 heterocycles. The molecule has 2 amide bonds. The van der Waals surface area contributed by atoms with Gasteiger partial charge in [0.25, 0.3) is 11.8 Å². The van der Waals surface area contributed by atoms with Crippen LogP contribution in [0.4, 0.5) is 0 Å². The van der Waals surface area contributed by atoms with Crippen molar-refractivity contribution in [2.24, 2.45) is 0 Å². The van der Waals surface area contributed by atoms with E-state index in [0.717, 1.165) is 45.9 Å². The minimum atomic E-state index is -0.777. The Kier molecular flexibility index (Phi) is 5.01. The van der Waals surface area contributed by atoms with Crippen molar-refractivity contribution in [2.45, 2.75) is 38.3 Å². The summed E-state index contributed by atoms with van der Waals surface area (Å²) >= 11 is 0. The highest BCUT2D eigenvalue weighted by molar-refractivity contribution is 6.04. The number of hydrogen-bond acceptors (Lipinski definition) is 3. The van der Waals surface area contributed by atoms with Gasteiger partial charge in [-0.05, 0) is 71.0 Å². The molecule has 2 aliphatic heterocycles. The zero-order chi connectivity index (χ0) is 22.5. The van der Waals surface area contributed by atoms with Crippen LogP contribution in [0.25, 0.3) is 21.9 Å². The molecule has 1 fully saturated rings. The SMILES string of the molecule is CCC1(O)CCCN(C(=O)c2ccc3c(-c4ccc5c(c4)CN(C)C5=O)cccc3c2)C1. The van der Waals surface area contributed by atoms with Gasteiger partial charge < -0.3 is 14.9 Å². The zero-order valence-corrected chi connectivity index (χ0v) is 18.6. The first kappa shape index (κ1) is 20.7. The van der Waals surface area contributed by atoms with Crippen LogP contribution in [0.5, 0.6) is 0 Å². The minimum absolute atomic E-state index is 0.0250. The molecule has 1 N–H and O–H groups in total. The molecule has 5 heteroatoms. The molecule has 1 atom stereocenters. The molecule has 164 valence electrons. The number of carbonyl (C=O) groups is 2. The summed E-state index contributed by atoms with van der Waals surface area (Å²) in [6, 6.07) is 18.0. The van der Waals surface area contributed by atoms with Gasteiger partial charge in [-0.3, -0.25) is 9.59 Å².